The Kier molecular flexibility index (Phi) is 7.21. The van der Waals surface area contributed by atoms with E-state index in [0.29, 0.717) is 0 Å². The van der Waals surface area contributed by atoms with Crippen LogP contribution in [-0.2, 0) is 15.7 Å². The molecular formula is C18H20BrF3N4O4S. The standard InChI is InChI=1S/C18H20BrF3N4O4S/c1-6(2)30-17(29)10-7(3)12(14(23)27)31-16(10)24-15(28)9(5)26-8(4)11(19)13(25-26)18(20,21)22/h6,9H,1-5H3,(H2,23,27)(H,24,28). The maximum atomic E-state index is 13.1. The summed E-state index contributed by atoms with van der Waals surface area (Å²) >= 11 is 3.64. The van der Waals surface area contributed by atoms with Gasteiger partial charge in [0, 0.05) is 0 Å². The molecule has 13 heteroatoms. The zero-order chi connectivity index (χ0) is 23.8. The van der Waals surface area contributed by atoms with Crippen LogP contribution in [-0.4, -0.2) is 33.7 Å². The summed E-state index contributed by atoms with van der Waals surface area (Å²) in [5, 5.41) is 6.01. The molecule has 2 heterocycles. The van der Waals surface area contributed by atoms with Gasteiger partial charge in [-0.3, -0.25) is 14.3 Å². The molecule has 2 aromatic heterocycles. The highest BCUT2D eigenvalue weighted by atomic mass is 79.9. The third-order valence-corrected chi connectivity index (χ3v) is 6.42. The molecule has 1 atom stereocenters. The molecule has 3 N–H and O–H groups in total. The molecule has 0 saturated heterocycles. The van der Waals surface area contributed by atoms with Crippen molar-refractivity contribution in [3.8, 4) is 0 Å². The number of ether oxygens (including phenoxy) is 1. The fourth-order valence-electron chi connectivity index (χ4n) is 2.74. The molecule has 2 aromatic rings. The molecule has 0 bridgehead atoms. The van der Waals surface area contributed by atoms with Gasteiger partial charge >= 0.3 is 12.1 Å². The molecule has 2 amide bonds. The molecule has 0 radical (unpaired) electrons. The van der Waals surface area contributed by atoms with E-state index in [1.165, 1.54) is 20.8 Å². The maximum absolute atomic E-state index is 13.1. The number of anilines is 1. The third-order valence-electron chi connectivity index (χ3n) is 4.25. The van der Waals surface area contributed by atoms with Crippen LogP contribution in [0.1, 0.15) is 63.8 Å². The van der Waals surface area contributed by atoms with Gasteiger partial charge in [0.2, 0.25) is 5.91 Å². The van der Waals surface area contributed by atoms with Crippen molar-refractivity contribution in [2.75, 3.05) is 5.32 Å². The minimum atomic E-state index is -4.71. The Hall–Kier alpha value is -2.41. The number of nitrogens with two attached hydrogens (primary N) is 1. The SMILES string of the molecule is Cc1c(C(N)=O)sc(NC(=O)C(C)n2nc(C(F)(F)F)c(Br)c2C)c1C(=O)OC(C)C. The van der Waals surface area contributed by atoms with Crippen LogP contribution in [0.2, 0.25) is 0 Å². The number of hydrogen-bond donors (Lipinski definition) is 2. The zero-order valence-corrected chi connectivity index (χ0v) is 19.6. The first-order valence-electron chi connectivity index (χ1n) is 8.93. The molecule has 2 rings (SSSR count). The van der Waals surface area contributed by atoms with E-state index in [-0.39, 0.29) is 31.2 Å². The summed E-state index contributed by atoms with van der Waals surface area (Å²) in [6.07, 6.45) is -5.17. The van der Waals surface area contributed by atoms with Gasteiger partial charge in [0.1, 0.15) is 11.0 Å². The maximum Gasteiger partial charge on any atom is 0.436 e. The molecule has 0 aliphatic carbocycles. The van der Waals surface area contributed by atoms with Crippen LogP contribution < -0.4 is 11.1 Å². The van der Waals surface area contributed by atoms with Gasteiger partial charge in [0.05, 0.1) is 26.7 Å². The van der Waals surface area contributed by atoms with Crippen molar-refractivity contribution in [2.24, 2.45) is 5.73 Å². The normalized spacial score (nSPS) is 12.7. The Morgan fingerprint density at radius 2 is 1.81 bits per heavy atom. The number of thiophene rings is 1. The van der Waals surface area contributed by atoms with E-state index >= 15 is 0 Å². The van der Waals surface area contributed by atoms with Gasteiger partial charge in [-0.15, -0.1) is 11.3 Å². The molecule has 1 unspecified atom stereocenters. The lowest BCUT2D eigenvalue weighted by Gasteiger charge is -2.15. The van der Waals surface area contributed by atoms with Gasteiger partial charge in [-0.25, -0.2) is 4.79 Å². The first kappa shape index (κ1) is 24.9. The van der Waals surface area contributed by atoms with Gasteiger partial charge in [-0.05, 0) is 56.1 Å². The molecule has 31 heavy (non-hydrogen) atoms. The lowest BCUT2D eigenvalue weighted by molar-refractivity contribution is -0.142. The molecule has 0 aromatic carbocycles. The van der Waals surface area contributed by atoms with Gasteiger partial charge in [-0.2, -0.15) is 18.3 Å². The number of carbonyl (C=O) groups excluding carboxylic acids is 3. The zero-order valence-electron chi connectivity index (χ0n) is 17.2. The third kappa shape index (κ3) is 5.09. The molecule has 0 aliphatic heterocycles. The molecule has 0 spiro atoms. The Morgan fingerprint density at radius 3 is 2.26 bits per heavy atom. The summed E-state index contributed by atoms with van der Waals surface area (Å²) in [6.45, 7) is 7.47. The van der Waals surface area contributed by atoms with E-state index in [9.17, 15) is 27.6 Å². The molecule has 0 saturated carbocycles. The predicted octanol–water partition coefficient (Wildman–Crippen LogP) is 4.21. The number of primary amides is 1. The quantitative estimate of drug-likeness (QED) is 0.549. The van der Waals surface area contributed by atoms with Crippen molar-refractivity contribution in [2.45, 2.75) is 52.9 Å². The average molecular weight is 525 g/mol. The Bertz CT molecular complexity index is 1050. The minimum Gasteiger partial charge on any atom is -0.459 e. The Balaban J connectivity index is 2.43. The molecule has 8 nitrogen and oxygen atoms in total. The van der Waals surface area contributed by atoms with Crippen molar-refractivity contribution >= 4 is 50.1 Å². The largest absolute Gasteiger partial charge is 0.459 e. The highest BCUT2D eigenvalue weighted by Gasteiger charge is 2.39. The van der Waals surface area contributed by atoms with Crippen LogP contribution in [0.15, 0.2) is 4.47 Å². The van der Waals surface area contributed by atoms with E-state index in [4.69, 9.17) is 10.5 Å². The van der Waals surface area contributed by atoms with Crippen LogP contribution in [0, 0.1) is 13.8 Å². The van der Waals surface area contributed by atoms with Crippen molar-refractivity contribution < 1.29 is 32.3 Å². The van der Waals surface area contributed by atoms with Gasteiger partial charge < -0.3 is 15.8 Å². The number of aromatic nitrogens is 2. The highest BCUT2D eigenvalue weighted by Crippen LogP contribution is 2.37. The van der Waals surface area contributed by atoms with Crippen molar-refractivity contribution in [3.05, 3.63) is 31.9 Å². The van der Waals surface area contributed by atoms with Crippen LogP contribution >= 0.6 is 27.3 Å². The summed E-state index contributed by atoms with van der Waals surface area (Å²) in [7, 11) is 0. The van der Waals surface area contributed by atoms with Crippen molar-refractivity contribution in [1.29, 1.82) is 0 Å². The van der Waals surface area contributed by atoms with E-state index in [2.05, 4.69) is 26.3 Å². The number of nitrogens with zero attached hydrogens (tertiary/aromatic N) is 2. The van der Waals surface area contributed by atoms with Crippen LogP contribution in [0.4, 0.5) is 18.2 Å². The minimum absolute atomic E-state index is 0.00807. The van der Waals surface area contributed by atoms with Gasteiger partial charge in [0.25, 0.3) is 5.91 Å². The summed E-state index contributed by atoms with van der Waals surface area (Å²) in [5.74, 6) is -2.31. The lowest BCUT2D eigenvalue weighted by atomic mass is 10.1. The van der Waals surface area contributed by atoms with E-state index in [0.717, 1.165) is 16.0 Å². The average Bonchev–Trinajstić information content (AvgIpc) is 3.10. The second-order valence-electron chi connectivity index (χ2n) is 6.93. The molecule has 0 fully saturated rings. The number of carbonyl (C=O) groups is 3. The summed E-state index contributed by atoms with van der Waals surface area (Å²) in [4.78, 5) is 37.0. The summed E-state index contributed by atoms with van der Waals surface area (Å²) in [6, 6.07) is -1.17. The number of nitrogens with one attached hydrogen (secondary N) is 1. The second kappa shape index (κ2) is 8.99. The Morgan fingerprint density at radius 1 is 1.23 bits per heavy atom. The molecule has 0 aliphatic rings. The second-order valence-corrected chi connectivity index (χ2v) is 8.75. The van der Waals surface area contributed by atoms with Crippen molar-refractivity contribution in [1.82, 2.24) is 9.78 Å². The van der Waals surface area contributed by atoms with E-state index < -0.39 is 41.8 Å². The number of rotatable bonds is 6. The van der Waals surface area contributed by atoms with Gasteiger partial charge in [0.15, 0.2) is 5.69 Å². The lowest BCUT2D eigenvalue weighted by Crippen LogP contribution is -2.26. The van der Waals surface area contributed by atoms with Crippen molar-refractivity contribution in [3.63, 3.8) is 0 Å². The first-order valence-corrected chi connectivity index (χ1v) is 10.5. The Labute approximate surface area is 188 Å². The van der Waals surface area contributed by atoms with Crippen LogP contribution in [0.5, 0.6) is 0 Å². The van der Waals surface area contributed by atoms with Gasteiger partial charge in [-0.1, -0.05) is 0 Å². The molecular weight excluding hydrogens is 505 g/mol. The monoisotopic (exact) mass is 524 g/mol. The van der Waals surface area contributed by atoms with E-state index in [1.807, 2.05) is 0 Å². The fraction of sp³-hybridized carbons (Fsp3) is 0.444. The summed E-state index contributed by atoms with van der Waals surface area (Å²) < 4.78 is 45.2. The summed E-state index contributed by atoms with van der Waals surface area (Å²) in [5.41, 5.74) is 4.47. The predicted molar refractivity (Wildman–Crippen MR) is 111 cm³/mol. The number of hydrogen-bond acceptors (Lipinski definition) is 6. The highest BCUT2D eigenvalue weighted by molar-refractivity contribution is 9.10. The van der Waals surface area contributed by atoms with E-state index in [1.54, 1.807) is 13.8 Å². The number of amides is 2. The fourth-order valence-corrected chi connectivity index (χ4v) is 4.28. The number of alkyl halides is 3. The number of halogens is 4. The first-order chi connectivity index (χ1) is 14.2. The number of esters is 1. The van der Waals surface area contributed by atoms with Crippen LogP contribution in [0.25, 0.3) is 0 Å². The smallest absolute Gasteiger partial charge is 0.436 e. The molecule has 170 valence electrons. The topological polar surface area (TPSA) is 116 Å². The van der Waals surface area contributed by atoms with Crippen LogP contribution in [0.3, 0.4) is 0 Å².